The van der Waals surface area contributed by atoms with E-state index in [1.165, 1.54) is 76.5 Å². The number of amides is 2. The SMILES string of the molecule is CC(/C=C/C[C@H](OC(=O)Nc1ccc(F)cc1F)c1ccc(OCCO[Si](CCC(F)(F)C(F)(F)C(F)(F)C(F)(F)C(F)(F)C(F)(F)C(F)(F)C(F)(F)F)(C(C)C)C(C)C)cc1)=C\C(=O)NO. The summed E-state index contributed by atoms with van der Waals surface area (Å²) in [7, 11) is -4.06. The molecule has 0 aliphatic carbocycles. The molecule has 2 aromatic carbocycles. The van der Waals surface area contributed by atoms with E-state index in [1.807, 2.05) is 0 Å². The summed E-state index contributed by atoms with van der Waals surface area (Å²) in [6, 6.07) is 6.17. The summed E-state index contributed by atoms with van der Waals surface area (Å²) in [5, 5.41) is 10.8. The Labute approximate surface area is 369 Å². The van der Waals surface area contributed by atoms with Gasteiger partial charge in [-0.05, 0) is 59.5 Å². The monoisotopic (exact) mass is 1020 g/mol. The molecular weight excluding hydrogens is 981 g/mol. The number of carbonyl (C=O) groups is 2. The van der Waals surface area contributed by atoms with Crippen LogP contribution in [-0.4, -0.2) is 86.4 Å². The Hall–Kier alpha value is -4.73. The maximum absolute atomic E-state index is 15.0. The molecule has 0 unspecified atom stereocenters. The highest BCUT2D eigenvalue weighted by molar-refractivity contribution is 6.76. The number of hydrogen-bond donors (Lipinski definition) is 3. The normalized spacial score (nSPS) is 14.8. The Morgan fingerprint density at radius 1 is 0.716 bits per heavy atom. The van der Waals surface area contributed by atoms with Crippen molar-refractivity contribution in [2.75, 3.05) is 18.5 Å². The number of alkyl halides is 17. The van der Waals surface area contributed by atoms with Crippen molar-refractivity contribution in [1.29, 1.82) is 0 Å². The summed E-state index contributed by atoms with van der Waals surface area (Å²) in [5.41, 5.74) is -0.351. The Bertz CT molecular complexity index is 2050. The zero-order chi connectivity index (χ0) is 52.0. The fraction of sp³-hybridized carbons (Fsp3) is 0.538. The predicted molar refractivity (Wildman–Crippen MR) is 201 cm³/mol. The highest BCUT2D eigenvalue weighted by Crippen LogP contribution is 2.64. The maximum atomic E-state index is 15.0. The van der Waals surface area contributed by atoms with Crippen LogP contribution in [0, 0.1) is 11.6 Å². The van der Waals surface area contributed by atoms with Gasteiger partial charge in [0.1, 0.15) is 30.1 Å². The van der Waals surface area contributed by atoms with Gasteiger partial charge >= 0.3 is 53.7 Å². The first-order chi connectivity index (χ1) is 30.3. The van der Waals surface area contributed by atoms with Crippen LogP contribution in [0.4, 0.5) is 93.9 Å². The van der Waals surface area contributed by atoms with Crippen LogP contribution in [0.2, 0.25) is 17.1 Å². The highest BCUT2D eigenvalue weighted by atomic mass is 28.4. The molecule has 2 amide bonds. The van der Waals surface area contributed by atoms with Gasteiger partial charge in [-0.1, -0.05) is 52.0 Å². The quantitative estimate of drug-likeness (QED) is 0.0195. The van der Waals surface area contributed by atoms with Crippen molar-refractivity contribution >= 4 is 26.0 Å². The summed E-state index contributed by atoms with van der Waals surface area (Å²) in [6.45, 7) is 5.51. The summed E-state index contributed by atoms with van der Waals surface area (Å²) in [4.78, 5) is 24.1. The highest BCUT2D eigenvalue weighted by Gasteiger charge is 2.95. The lowest BCUT2D eigenvalue weighted by Gasteiger charge is -2.44. The summed E-state index contributed by atoms with van der Waals surface area (Å²) in [6.07, 6.45) is -9.08. The van der Waals surface area contributed by atoms with E-state index in [2.05, 4.69) is 5.32 Å². The molecule has 0 bridgehead atoms. The first-order valence-corrected chi connectivity index (χ1v) is 21.4. The van der Waals surface area contributed by atoms with E-state index in [0.717, 1.165) is 18.2 Å². The van der Waals surface area contributed by atoms with Gasteiger partial charge in [-0.25, -0.2) is 19.1 Å². The standard InChI is InChI=1S/C39H41F19N2O6Si/c1-21(2)67(22(3)4,18-15-32(42,43)33(44,45)34(46,47)35(48,49)36(50,51)37(52,53)38(54,55)39(56,57)58)65-17-16-64-26-12-9-24(10-13-26)29(8-6-7-23(5)19-30(61)60-63)66-31(62)59-28-14-11-25(40)20-27(28)41/h6-7,9-14,19-22,29,63H,8,15-18H2,1-5H3,(H,59,62)(H,60,61)/b7-6+,23-19+/t29-/m0/s1. The fourth-order valence-corrected chi connectivity index (χ4v) is 10.8. The number of allylic oxidation sites excluding steroid dienone is 2. The molecule has 0 saturated heterocycles. The second kappa shape index (κ2) is 21.3. The zero-order valence-corrected chi connectivity index (χ0v) is 36.2. The van der Waals surface area contributed by atoms with E-state index in [1.54, 1.807) is 0 Å². The molecule has 0 heterocycles. The maximum Gasteiger partial charge on any atom is 0.460 e. The second-order valence-corrected chi connectivity index (χ2v) is 20.3. The molecule has 2 rings (SSSR count). The molecule has 0 spiro atoms. The molecule has 0 radical (unpaired) electrons. The van der Waals surface area contributed by atoms with Crippen LogP contribution in [0.25, 0.3) is 0 Å². The predicted octanol–water partition coefficient (Wildman–Crippen LogP) is 13.2. The van der Waals surface area contributed by atoms with Crippen LogP contribution in [0.5, 0.6) is 5.75 Å². The number of hydrogen-bond acceptors (Lipinski definition) is 6. The lowest BCUT2D eigenvalue weighted by Crippen LogP contribution is -2.74. The van der Waals surface area contributed by atoms with E-state index in [-0.39, 0.29) is 17.7 Å². The van der Waals surface area contributed by atoms with Crippen LogP contribution in [0.3, 0.4) is 0 Å². The Morgan fingerprint density at radius 2 is 1.22 bits per heavy atom. The lowest BCUT2D eigenvalue weighted by atomic mass is 9.88. The molecule has 0 saturated carbocycles. The van der Waals surface area contributed by atoms with Crippen LogP contribution in [0.15, 0.2) is 66.3 Å². The first-order valence-electron chi connectivity index (χ1n) is 19.1. The van der Waals surface area contributed by atoms with Crippen molar-refractivity contribution in [3.05, 3.63) is 83.5 Å². The molecule has 67 heavy (non-hydrogen) atoms. The van der Waals surface area contributed by atoms with Gasteiger partial charge < -0.3 is 13.9 Å². The Balaban J connectivity index is 2.30. The number of nitrogens with one attached hydrogen (secondary N) is 2. The third kappa shape index (κ3) is 12.3. The molecule has 0 fully saturated rings. The number of ether oxygens (including phenoxy) is 2. The summed E-state index contributed by atoms with van der Waals surface area (Å²) >= 11 is 0. The van der Waals surface area contributed by atoms with Crippen LogP contribution in [-0.2, 0) is 14.0 Å². The second-order valence-electron chi connectivity index (χ2n) is 15.3. The molecule has 28 heteroatoms. The van der Waals surface area contributed by atoms with Gasteiger partial charge in [-0.15, -0.1) is 0 Å². The Morgan fingerprint density at radius 3 is 1.70 bits per heavy atom. The van der Waals surface area contributed by atoms with Gasteiger partial charge in [0.25, 0.3) is 5.91 Å². The molecular formula is C39H41F19N2O6Si. The summed E-state index contributed by atoms with van der Waals surface area (Å²) < 4.78 is 280. The number of hydroxylamine groups is 1. The van der Waals surface area contributed by atoms with Crippen molar-refractivity contribution in [3.63, 3.8) is 0 Å². The van der Waals surface area contributed by atoms with E-state index in [4.69, 9.17) is 19.1 Å². The molecule has 0 aliphatic rings. The first kappa shape index (κ1) is 58.4. The van der Waals surface area contributed by atoms with Crippen molar-refractivity contribution in [1.82, 2.24) is 5.48 Å². The van der Waals surface area contributed by atoms with Gasteiger partial charge in [0, 0.05) is 25.0 Å². The third-order valence-corrected chi connectivity index (χ3v) is 15.8. The van der Waals surface area contributed by atoms with Gasteiger partial charge in [0.05, 0.1) is 12.3 Å². The van der Waals surface area contributed by atoms with Crippen molar-refractivity contribution in [3.8, 4) is 5.75 Å². The topological polar surface area (TPSA) is 106 Å². The van der Waals surface area contributed by atoms with E-state index in [0.29, 0.717) is 11.6 Å². The smallest absolute Gasteiger partial charge is 0.460 e. The molecule has 2 aromatic rings. The lowest BCUT2D eigenvalue weighted by molar-refractivity contribution is -0.461. The van der Waals surface area contributed by atoms with Crippen molar-refractivity contribution < 1.29 is 112 Å². The Kier molecular flexibility index (Phi) is 18.5. The molecule has 0 aliphatic heterocycles. The van der Waals surface area contributed by atoms with Crippen LogP contribution >= 0.6 is 0 Å². The number of halogens is 19. The minimum Gasteiger partial charge on any atom is -0.491 e. The van der Waals surface area contributed by atoms with Crippen LogP contribution < -0.4 is 15.5 Å². The minimum absolute atomic E-state index is 0.0272. The van der Waals surface area contributed by atoms with Gasteiger partial charge in [0.15, 0.2) is 8.32 Å². The van der Waals surface area contributed by atoms with Gasteiger partial charge in [-0.2, -0.15) is 74.6 Å². The third-order valence-electron chi connectivity index (χ3n) is 10.2. The number of anilines is 1. The van der Waals surface area contributed by atoms with E-state index >= 15 is 0 Å². The number of carbonyl (C=O) groups excluding carboxylic acids is 2. The van der Waals surface area contributed by atoms with Gasteiger partial charge in [-0.3, -0.25) is 15.3 Å². The van der Waals surface area contributed by atoms with E-state index in [9.17, 15) is 93.0 Å². The number of rotatable bonds is 23. The minimum atomic E-state index is -8.72. The average molecular weight is 1020 g/mol. The summed E-state index contributed by atoms with van der Waals surface area (Å²) in [5.74, 6) is -60.0. The van der Waals surface area contributed by atoms with E-state index < -0.39 is 128 Å². The average Bonchev–Trinajstić information content (AvgIpc) is 3.20. The molecule has 1 atom stereocenters. The van der Waals surface area contributed by atoms with Crippen molar-refractivity contribution in [2.45, 2.75) is 118 Å². The van der Waals surface area contributed by atoms with Crippen LogP contribution in [0.1, 0.15) is 59.1 Å². The molecule has 0 aromatic heterocycles. The molecule has 8 nitrogen and oxygen atoms in total. The zero-order valence-electron chi connectivity index (χ0n) is 35.2. The van der Waals surface area contributed by atoms with Gasteiger partial charge in [0.2, 0.25) is 0 Å². The van der Waals surface area contributed by atoms with Crippen molar-refractivity contribution in [2.24, 2.45) is 0 Å². The number of benzene rings is 2. The molecule has 3 N–H and O–H groups in total. The fourth-order valence-electron chi connectivity index (χ4n) is 6.30. The largest absolute Gasteiger partial charge is 0.491 e. The molecule has 380 valence electrons.